The third-order valence-electron chi connectivity index (χ3n) is 5.29. The number of hydrogen-bond acceptors (Lipinski definition) is 4. The second kappa shape index (κ2) is 11.4. The van der Waals surface area contributed by atoms with Crippen LogP contribution in [0.2, 0.25) is 0 Å². The highest BCUT2D eigenvalue weighted by Crippen LogP contribution is 2.21. The number of piperidine rings is 1. The van der Waals surface area contributed by atoms with E-state index in [0.717, 1.165) is 12.8 Å². The number of anilines is 1. The number of amides is 3. The zero-order valence-corrected chi connectivity index (χ0v) is 17.8. The number of carbonyl (C=O) groups excluding carboxylic acids is 3. The predicted molar refractivity (Wildman–Crippen MR) is 113 cm³/mol. The number of benzene rings is 1. The molecular formula is C22H33N3O4. The average Bonchev–Trinajstić information content (AvgIpc) is 2.75. The van der Waals surface area contributed by atoms with Gasteiger partial charge in [0.2, 0.25) is 5.91 Å². The van der Waals surface area contributed by atoms with Gasteiger partial charge in [0.05, 0.1) is 12.2 Å². The minimum atomic E-state index is -0.346. The molecule has 0 unspecified atom stereocenters. The number of ether oxygens (including phenoxy) is 1. The number of carbonyl (C=O) groups is 3. The maximum Gasteiger partial charge on any atom is 0.338 e. The van der Waals surface area contributed by atoms with Gasteiger partial charge in [0, 0.05) is 37.8 Å². The highest BCUT2D eigenvalue weighted by atomic mass is 16.5. The van der Waals surface area contributed by atoms with Crippen molar-refractivity contribution in [3.8, 4) is 0 Å². The summed E-state index contributed by atoms with van der Waals surface area (Å²) in [7, 11) is 0. The van der Waals surface area contributed by atoms with Crippen LogP contribution in [0.3, 0.4) is 0 Å². The summed E-state index contributed by atoms with van der Waals surface area (Å²) in [6.45, 7) is 8.97. The Morgan fingerprint density at radius 1 is 1.07 bits per heavy atom. The molecule has 1 aromatic carbocycles. The lowest BCUT2D eigenvalue weighted by molar-refractivity contribution is -0.121. The van der Waals surface area contributed by atoms with Gasteiger partial charge < -0.3 is 19.9 Å². The first kappa shape index (κ1) is 22.7. The highest BCUT2D eigenvalue weighted by Gasteiger charge is 2.28. The number of nitrogens with one attached hydrogen (secondary N) is 1. The lowest BCUT2D eigenvalue weighted by Crippen LogP contribution is -2.47. The van der Waals surface area contributed by atoms with E-state index in [-0.39, 0.29) is 23.8 Å². The molecule has 0 radical (unpaired) electrons. The number of rotatable bonds is 8. The van der Waals surface area contributed by atoms with E-state index in [9.17, 15) is 14.4 Å². The fourth-order valence-electron chi connectivity index (χ4n) is 3.35. The molecule has 1 aliphatic heterocycles. The minimum Gasteiger partial charge on any atom is -0.462 e. The van der Waals surface area contributed by atoms with Gasteiger partial charge in [0.1, 0.15) is 0 Å². The molecule has 0 aromatic heterocycles. The Kier molecular flexibility index (Phi) is 8.96. The van der Waals surface area contributed by atoms with Crippen molar-refractivity contribution in [3.05, 3.63) is 29.8 Å². The van der Waals surface area contributed by atoms with Gasteiger partial charge in [-0.1, -0.05) is 13.3 Å². The first-order valence-electron chi connectivity index (χ1n) is 10.6. The van der Waals surface area contributed by atoms with Crippen LogP contribution in [0.25, 0.3) is 0 Å². The third-order valence-corrected chi connectivity index (χ3v) is 5.29. The number of urea groups is 1. The Bertz CT molecular complexity index is 678. The molecule has 0 aliphatic carbocycles. The normalized spacial score (nSPS) is 14.4. The molecule has 1 fully saturated rings. The third kappa shape index (κ3) is 6.48. The maximum absolute atomic E-state index is 12.6. The van der Waals surface area contributed by atoms with Gasteiger partial charge in [0.25, 0.3) is 0 Å². The van der Waals surface area contributed by atoms with Crippen LogP contribution in [0.4, 0.5) is 10.5 Å². The monoisotopic (exact) mass is 403 g/mol. The standard InChI is InChI=1S/C22H33N3O4/c1-4-7-16-29-21(27)18-8-10-19(11-9-18)23-20(26)17-12-14-25(15-13-17)22(28)24(5-2)6-3/h8-11,17H,4-7,12-16H2,1-3H3,(H,23,26). The van der Waals surface area contributed by atoms with Crippen molar-refractivity contribution in [3.63, 3.8) is 0 Å². The summed E-state index contributed by atoms with van der Waals surface area (Å²) in [5.41, 5.74) is 1.13. The molecule has 7 nitrogen and oxygen atoms in total. The molecule has 1 N–H and O–H groups in total. The summed E-state index contributed by atoms with van der Waals surface area (Å²) < 4.78 is 5.19. The van der Waals surface area contributed by atoms with Gasteiger partial charge in [-0.3, -0.25) is 4.79 Å². The van der Waals surface area contributed by atoms with Gasteiger partial charge in [0.15, 0.2) is 0 Å². The second-order valence-corrected chi connectivity index (χ2v) is 7.27. The summed E-state index contributed by atoms with van der Waals surface area (Å²) in [6, 6.07) is 6.81. The van der Waals surface area contributed by atoms with Crippen LogP contribution in [0.15, 0.2) is 24.3 Å². The molecule has 0 bridgehead atoms. The molecule has 0 saturated carbocycles. The van der Waals surface area contributed by atoms with Crippen LogP contribution in [0, 0.1) is 5.92 Å². The van der Waals surface area contributed by atoms with Gasteiger partial charge in [-0.2, -0.15) is 0 Å². The summed E-state index contributed by atoms with van der Waals surface area (Å²) in [4.78, 5) is 40.5. The zero-order chi connectivity index (χ0) is 21.2. The average molecular weight is 404 g/mol. The van der Waals surface area contributed by atoms with E-state index < -0.39 is 0 Å². The predicted octanol–water partition coefficient (Wildman–Crippen LogP) is 3.76. The van der Waals surface area contributed by atoms with Crippen molar-refractivity contribution >= 4 is 23.6 Å². The molecule has 1 saturated heterocycles. The van der Waals surface area contributed by atoms with Crippen LogP contribution in [-0.2, 0) is 9.53 Å². The molecule has 160 valence electrons. The first-order valence-corrected chi connectivity index (χ1v) is 10.6. The highest BCUT2D eigenvalue weighted by molar-refractivity contribution is 5.94. The van der Waals surface area contributed by atoms with E-state index in [4.69, 9.17) is 4.74 Å². The molecule has 1 aromatic rings. The molecule has 1 aliphatic rings. The van der Waals surface area contributed by atoms with E-state index in [1.165, 1.54) is 0 Å². The van der Waals surface area contributed by atoms with Crippen molar-refractivity contribution in [2.24, 2.45) is 5.92 Å². The van der Waals surface area contributed by atoms with Crippen molar-refractivity contribution in [1.82, 2.24) is 9.80 Å². The Balaban J connectivity index is 1.82. The summed E-state index contributed by atoms with van der Waals surface area (Å²) >= 11 is 0. The van der Waals surface area contributed by atoms with E-state index in [1.807, 2.05) is 25.7 Å². The molecule has 0 spiro atoms. The quantitative estimate of drug-likeness (QED) is 0.529. The van der Waals surface area contributed by atoms with Crippen LogP contribution < -0.4 is 5.32 Å². The van der Waals surface area contributed by atoms with Crippen molar-refractivity contribution in [2.45, 2.75) is 46.5 Å². The lowest BCUT2D eigenvalue weighted by Gasteiger charge is -2.34. The minimum absolute atomic E-state index is 0.0433. The Labute approximate surface area is 173 Å². The van der Waals surface area contributed by atoms with Crippen molar-refractivity contribution in [2.75, 3.05) is 38.1 Å². The smallest absolute Gasteiger partial charge is 0.338 e. The summed E-state index contributed by atoms with van der Waals surface area (Å²) in [5.74, 6) is -0.505. The van der Waals surface area contributed by atoms with Gasteiger partial charge in [-0.25, -0.2) is 9.59 Å². The Morgan fingerprint density at radius 3 is 2.24 bits per heavy atom. The summed E-state index contributed by atoms with van der Waals surface area (Å²) in [5, 5.41) is 2.91. The Morgan fingerprint density at radius 2 is 1.69 bits per heavy atom. The molecule has 0 atom stereocenters. The molecular weight excluding hydrogens is 370 g/mol. The van der Waals surface area contributed by atoms with Crippen LogP contribution in [0.1, 0.15) is 56.8 Å². The van der Waals surface area contributed by atoms with Crippen LogP contribution in [0.5, 0.6) is 0 Å². The number of likely N-dealkylation sites (tertiary alicyclic amines) is 1. The SMILES string of the molecule is CCCCOC(=O)c1ccc(NC(=O)C2CCN(C(=O)N(CC)CC)CC2)cc1. The van der Waals surface area contributed by atoms with E-state index >= 15 is 0 Å². The summed E-state index contributed by atoms with van der Waals surface area (Å²) in [6.07, 6.45) is 3.13. The van der Waals surface area contributed by atoms with Crippen LogP contribution in [-0.4, -0.2) is 60.5 Å². The Hall–Kier alpha value is -2.57. The maximum atomic E-state index is 12.6. The molecule has 29 heavy (non-hydrogen) atoms. The number of nitrogens with zero attached hydrogens (tertiary/aromatic N) is 2. The van der Waals surface area contributed by atoms with E-state index in [1.54, 1.807) is 29.2 Å². The van der Waals surface area contributed by atoms with E-state index in [2.05, 4.69) is 5.32 Å². The van der Waals surface area contributed by atoms with E-state index in [0.29, 0.717) is 56.9 Å². The van der Waals surface area contributed by atoms with Crippen molar-refractivity contribution in [1.29, 1.82) is 0 Å². The number of esters is 1. The molecule has 1 heterocycles. The van der Waals surface area contributed by atoms with Crippen LogP contribution >= 0.6 is 0 Å². The second-order valence-electron chi connectivity index (χ2n) is 7.27. The topological polar surface area (TPSA) is 79.0 Å². The van der Waals surface area contributed by atoms with Gasteiger partial charge in [-0.05, 0) is 57.4 Å². The fourth-order valence-corrected chi connectivity index (χ4v) is 3.35. The van der Waals surface area contributed by atoms with Crippen molar-refractivity contribution < 1.29 is 19.1 Å². The lowest BCUT2D eigenvalue weighted by atomic mass is 9.96. The zero-order valence-electron chi connectivity index (χ0n) is 17.8. The fraction of sp³-hybridized carbons (Fsp3) is 0.591. The van der Waals surface area contributed by atoms with Gasteiger partial charge in [-0.15, -0.1) is 0 Å². The molecule has 3 amide bonds. The molecule has 7 heteroatoms. The largest absolute Gasteiger partial charge is 0.462 e. The van der Waals surface area contributed by atoms with Gasteiger partial charge >= 0.3 is 12.0 Å². The first-order chi connectivity index (χ1) is 14.0. The molecule has 2 rings (SSSR count). The number of unbranched alkanes of at least 4 members (excludes halogenated alkanes) is 1. The number of hydrogen-bond donors (Lipinski definition) is 1.